The molecule has 0 saturated heterocycles. The Balaban J connectivity index is 1.64. The quantitative estimate of drug-likeness (QED) is 0.759. The van der Waals surface area contributed by atoms with Crippen molar-refractivity contribution < 1.29 is 9.53 Å². The molecular weight excluding hydrogens is 302 g/mol. The van der Waals surface area contributed by atoms with Crippen molar-refractivity contribution in [3.63, 3.8) is 0 Å². The zero-order valence-electron chi connectivity index (χ0n) is 13.0. The number of nitrogens with one attached hydrogen (secondary N) is 1. The van der Waals surface area contributed by atoms with E-state index in [0.717, 1.165) is 16.8 Å². The number of nitrogen functional groups attached to an aromatic ring is 1. The number of carbonyl (C=O) groups excluding carboxylic acids is 1. The van der Waals surface area contributed by atoms with Gasteiger partial charge in [-0.25, -0.2) is 9.78 Å². The summed E-state index contributed by atoms with van der Waals surface area (Å²) in [5, 5.41) is 2.61. The maximum atomic E-state index is 11.9. The highest BCUT2D eigenvalue weighted by Crippen LogP contribution is 2.23. The van der Waals surface area contributed by atoms with Crippen molar-refractivity contribution in [3.05, 3.63) is 78.4 Å². The van der Waals surface area contributed by atoms with Crippen LogP contribution >= 0.6 is 0 Å². The van der Waals surface area contributed by atoms with Crippen molar-refractivity contribution >= 4 is 17.6 Å². The summed E-state index contributed by atoms with van der Waals surface area (Å²) in [5.41, 5.74) is 8.98. The van der Waals surface area contributed by atoms with Gasteiger partial charge in [-0.1, -0.05) is 60.7 Å². The molecule has 0 bridgehead atoms. The molecule has 1 heterocycles. The molecule has 1 amide bonds. The lowest BCUT2D eigenvalue weighted by molar-refractivity contribution is 0.155. The van der Waals surface area contributed by atoms with E-state index in [2.05, 4.69) is 10.3 Å². The van der Waals surface area contributed by atoms with Gasteiger partial charge in [0.05, 0.1) is 11.4 Å². The maximum absolute atomic E-state index is 11.9. The summed E-state index contributed by atoms with van der Waals surface area (Å²) >= 11 is 0. The molecule has 0 radical (unpaired) electrons. The molecule has 3 aromatic rings. The van der Waals surface area contributed by atoms with Crippen LogP contribution in [0.2, 0.25) is 0 Å². The summed E-state index contributed by atoms with van der Waals surface area (Å²) in [6, 6.07) is 22.7. The number of ether oxygens (including phenoxy) is 1. The van der Waals surface area contributed by atoms with Gasteiger partial charge in [-0.15, -0.1) is 0 Å². The third-order valence-corrected chi connectivity index (χ3v) is 3.44. The van der Waals surface area contributed by atoms with E-state index in [9.17, 15) is 4.79 Å². The first-order chi connectivity index (χ1) is 11.7. The van der Waals surface area contributed by atoms with Crippen LogP contribution < -0.4 is 11.1 Å². The molecule has 2 aromatic carbocycles. The fourth-order valence-electron chi connectivity index (χ4n) is 2.22. The Morgan fingerprint density at radius 2 is 1.62 bits per heavy atom. The van der Waals surface area contributed by atoms with Gasteiger partial charge in [0.15, 0.2) is 0 Å². The molecule has 0 spiro atoms. The fourth-order valence-corrected chi connectivity index (χ4v) is 2.22. The second-order valence-electron chi connectivity index (χ2n) is 5.18. The van der Waals surface area contributed by atoms with Crippen molar-refractivity contribution in [1.82, 2.24) is 4.98 Å². The summed E-state index contributed by atoms with van der Waals surface area (Å²) in [4.78, 5) is 16.2. The number of rotatable bonds is 4. The molecule has 3 rings (SSSR count). The Hall–Kier alpha value is -3.34. The summed E-state index contributed by atoms with van der Waals surface area (Å²) in [6.45, 7) is 0.197. The van der Waals surface area contributed by atoms with Crippen molar-refractivity contribution in [2.24, 2.45) is 0 Å². The largest absolute Gasteiger partial charge is 0.444 e. The van der Waals surface area contributed by atoms with E-state index in [1.165, 1.54) is 0 Å². The number of hydrogen-bond acceptors (Lipinski definition) is 4. The third kappa shape index (κ3) is 3.89. The standard InChI is InChI=1S/C19H17N3O2/c20-18-17(12-11-16(21-18)15-9-5-2-6-10-15)22-19(23)24-13-14-7-3-1-4-8-14/h1-12H,13H2,(H2,20,21)(H,22,23). The van der Waals surface area contributed by atoms with Crippen LogP contribution in [0, 0.1) is 0 Å². The van der Waals surface area contributed by atoms with Crippen LogP contribution in [0.15, 0.2) is 72.8 Å². The van der Waals surface area contributed by atoms with Gasteiger partial charge >= 0.3 is 6.09 Å². The smallest absolute Gasteiger partial charge is 0.412 e. The molecular formula is C19H17N3O2. The molecule has 3 N–H and O–H groups in total. The molecule has 5 heteroatoms. The first kappa shape index (κ1) is 15.6. The van der Waals surface area contributed by atoms with Gasteiger partial charge in [0.1, 0.15) is 12.4 Å². The minimum Gasteiger partial charge on any atom is -0.444 e. The van der Waals surface area contributed by atoms with Gasteiger partial charge in [-0.2, -0.15) is 0 Å². The number of carbonyl (C=O) groups is 1. The molecule has 120 valence electrons. The summed E-state index contributed by atoms with van der Waals surface area (Å²) in [6.07, 6.45) is -0.570. The van der Waals surface area contributed by atoms with Crippen LogP contribution in [0.4, 0.5) is 16.3 Å². The van der Waals surface area contributed by atoms with Gasteiger partial charge in [0.25, 0.3) is 0 Å². The number of anilines is 2. The zero-order chi connectivity index (χ0) is 16.8. The molecule has 0 aliphatic carbocycles. The Labute approximate surface area is 140 Å². The fraction of sp³-hybridized carbons (Fsp3) is 0.0526. The van der Waals surface area contributed by atoms with Crippen LogP contribution in [0.1, 0.15) is 5.56 Å². The van der Waals surface area contributed by atoms with E-state index in [1.807, 2.05) is 60.7 Å². The van der Waals surface area contributed by atoms with E-state index in [1.54, 1.807) is 12.1 Å². The average molecular weight is 319 g/mol. The van der Waals surface area contributed by atoms with E-state index >= 15 is 0 Å². The lowest BCUT2D eigenvalue weighted by Gasteiger charge is -2.10. The number of amides is 1. The van der Waals surface area contributed by atoms with Crippen molar-refractivity contribution in [3.8, 4) is 11.3 Å². The second-order valence-corrected chi connectivity index (χ2v) is 5.18. The summed E-state index contributed by atoms with van der Waals surface area (Å²) in [7, 11) is 0. The molecule has 0 atom stereocenters. The van der Waals surface area contributed by atoms with E-state index < -0.39 is 6.09 Å². The number of nitrogens with two attached hydrogens (primary N) is 1. The van der Waals surface area contributed by atoms with Gasteiger partial charge in [0.2, 0.25) is 0 Å². The molecule has 0 fully saturated rings. The number of benzene rings is 2. The Morgan fingerprint density at radius 1 is 0.958 bits per heavy atom. The van der Waals surface area contributed by atoms with Crippen LogP contribution in [0.5, 0.6) is 0 Å². The van der Waals surface area contributed by atoms with Crippen molar-refractivity contribution in [1.29, 1.82) is 0 Å². The lowest BCUT2D eigenvalue weighted by Crippen LogP contribution is -2.15. The predicted molar refractivity (Wildman–Crippen MR) is 94.3 cm³/mol. The highest BCUT2D eigenvalue weighted by Gasteiger charge is 2.09. The third-order valence-electron chi connectivity index (χ3n) is 3.44. The number of nitrogens with zero attached hydrogens (tertiary/aromatic N) is 1. The minimum atomic E-state index is -0.570. The SMILES string of the molecule is Nc1nc(-c2ccccc2)ccc1NC(=O)OCc1ccccc1. The molecule has 0 aliphatic heterocycles. The van der Waals surface area contributed by atoms with Gasteiger partial charge in [0, 0.05) is 5.56 Å². The highest BCUT2D eigenvalue weighted by atomic mass is 16.5. The molecule has 1 aromatic heterocycles. The average Bonchev–Trinajstić information content (AvgIpc) is 2.63. The first-order valence-electron chi connectivity index (χ1n) is 7.52. The topological polar surface area (TPSA) is 77.2 Å². The Bertz CT molecular complexity index is 821. The predicted octanol–water partition coefficient (Wildman–Crippen LogP) is 4.08. The van der Waals surface area contributed by atoms with Gasteiger partial charge < -0.3 is 10.5 Å². The number of hydrogen-bond donors (Lipinski definition) is 2. The second kappa shape index (κ2) is 7.28. The van der Waals surface area contributed by atoms with Crippen LogP contribution in [0.25, 0.3) is 11.3 Å². The normalized spacial score (nSPS) is 10.2. The molecule has 0 aliphatic rings. The maximum Gasteiger partial charge on any atom is 0.412 e. The summed E-state index contributed by atoms with van der Waals surface area (Å²) in [5.74, 6) is 0.244. The Morgan fingerprint density at radius 3 is 2.29 bits per heavy atom. The number of aromatic nitrogens is 1. The van der Waals surface area contributed by atoms with Gasteiger partial charge in [-0.05, 0) is 17.7 Å². The summed E-state index contributed by atoms with van der Waals surface area (Å²) < 4.78 is 5.17. The van der Waals surface area contributed by atoms with Crippen LogP contribution in [0.3, 0.4) is 0 Å². The molecule has 0 saturated carbocycles. The lowest BCUT2D eigenvalue weighted by atomic mass is 10.1. The van der Waals surface area contributed by atoms with Gasteiger partial charge in [-0.3, -0.25) is 5.32 Å². The Kier molecular flexibility index (Phi) is 4.72. The molecule has 0 unspecified atom stereocenters. The van der Waals surface area contributed by atoms with E-state index in [4.69, 9.17) is 10.5 Å². The van der Waals surface area contributed by atoms with Crippen molar-refractivity contribution in [2.45, 2.75) is 6.61 Å². The monoisotopic (exact) mass is 319 g/mol. The molecule has 24 heavy (non-hydrogen) atoms. The number of pyridine rings is 1. The zero-order valence-corrected chi connectivity index (χ0v) is 13.0. The van der Waals surface area contributed by atoms with E-state index in [-0.39, 0.29) is 12.4 Å². The van der Waals surface area contributed by atoms with Crippen molar-refractivity contribution in [2.75, 3.05) is 11.1 Å². The highest BCUT2D eigenvalue weighted by molar-refractivity contribution is 5.88. The van der Waals surface area contributed by atoms with Crippen LogP contribution in [-0.4, -0.2) is 11.1 Å². The first-order valence-corrected chi connectivity index (χ1v) is 7.52. The van der Waals surface area contributed by atoms with Crippen LogP contribution in [-0.2, 0) is 11.3 Å². The van der Waals surface area contributed by atoms with E-state index in [0.29, 0.717) is 5.69 Å². The minimum absolute atomic E-state index is 0.197. The molecule has 5 nitrogen and oxygen atoms in total.